The number of nitrogens with two attached hydrogens (primary N) is 1. The highest BCUT2D eigenvalue weighted by Crippen LogP contribution is 2.27. The fraction of sp³-hybridized carbons (Fsp3) is 0.200. The maximum atomic E-state index is 5.53. The summed E-state index contributed by atoms with van der Waals surface area (Å²) in [6, 6.07) is 9.81. The van der Waals surface area contributed by atoms with E-state index in [0.29, 0.717) is 6.54 Å². The number of ether oxygens (including phenoxy) is 1. The zero-order chi connectivity index (χ0) is 14.7. The summed E-state index contributed by atoms with van der Waals surface area (Å²) < 4.78 is 5.21. The maximum absolute atomic E-state index is 5.53. The van der Waals surface area contributed by atoms with E-state index in [4.69, 9.17) is 10.5 Å². The molecule has 108 valence electrons. The number of fused-ring (bicyclic) bond motifs is 1. The van der Waals surface area contributed by atoms with Gasteiger partial charge in [-0.1, -0.05) is 6.07 Å². The normalized spacial score (nSPS) is 11.0. The number of pyridine rings is 1. The Morgan fingerprint density at radius 3 is 2.90 bits per heavy atom. The predicted octanol–water partition coefficient (Wildman–Crippen LogP) is 2.62. The third-order valence-corrected chi connectivity index (χ3v) is 3.94. The number of aromatic amines is 1. The third-order valence-electron chi connectivity index (χ3n) is 3.10. The number of rotatable bonds is 5. The van der Waals surface area contributed by atoms with Crippen molar-refractivity contribution in [1.29, 1.82) is 0 Å². The first kappa shape index (κ1) is 13.9. The molecule has 5 nitrogen and oxygen atoms in total. The van der Waals surface area contributed by atoms with Gasteiger partial charge < -0.3 is 15.5 Å². The maximum Gasteiger partial charge on any atom is 0.172 e. The van der Waals surface area contributed by atoms with Gasteiger partial charge in [-0.25, -0.2) is 9.97 Å². The first-order valence-corrected chi connectivity index (χ1v) is 7.47. The third kappa shape index (κ3) is 3.17. The van der Waals surface area contributed by atoms with E-state index < -0.39 is 0 Å². The fourth-order valence-corrected chi connectivity index (χ4v) is 2.77. The van der Waals surface area contributed by atoms with Gasteiger partial charge in [0.15, 0.2) is 5.16 Å². The van der Waals surface area contributed by atoms with Crippen molar-refractivity contribution in [3.63, 3.8) is 0 Å². The summed E-state index contributed by atoms with van der Waals surface area (Å²) in [6.07, 6.45) is 2.71. The number of imidazole rings is 1. The molecule has 0 amide bonds. The Morgan fingerprint density at radius 1 is 1.29 bits per heavy atom. The van der Waals surface area contributed by atoms with Gasteiger partial charge in [0, 0.05) is 12.3 Å². The summed E-state index contributed by atoms with van der Waals surface area (Å²) in [4.78, 5) is 12.2. The van der Waals surface area contributed by atoms with Gasteiger partial charge >= 0.3 is 0 Å². The van der Waals surface area contributed by atoms with Crippen LogP contribution >= 0.6 is 11.8 Å². The van der Waals surface area contributed by atoms with Crippen LogP contribution in [0, 0.1) is 0 Å². The molecule has 0 unspecified atom stereocenters. The molecule has 0 aliphatic carbocycles. The van der Waals surface area contributed by atoms with Gasteiger partial charge in [-0.05, 0) is 48.5 Å². The van der Waals surface area contributed by atoms with E-state index in [-0.39, 0.29) is 0 Å². The van der Waals surface area contributed by atoms with E-state index in [1.54, 1.807) is 7.11 Å². The molecule has 0 aliphatic rings. The standard InChI is InChI=1S/C15H16N4OS/c1-20-11-3-4-12-13(8-11)19-15(18-12)21-14-5-2-10(6-7-16)9-17-14/h2-5,8-9H,6-7,16H2,1H3,(H,18,19). The molecule has 0 radical (unpaired) electrons. The number of hydrogen-bond acceptors (Lipinski definition) is 5. The van der Waals surface area contributed by atoms with E-state index in [9.17, 15) is 0 Å². The molecule has 2 heterocycles. The number of methoxy groups -OCH3 is 1. The first-order valence-electron chi connectivity index (χ1n) is 6.65. The summed E-state index contributed by atoms with van der Waals surface area (Å²) in [5, 5.41) is 1.72. The molecule has 0 spiro atoms. The smallest absolute Gasteiger partial charge is 0.172 e. The van der Waals surface area contributed by atoms with E-state index in [0.717, 1.165) is 38.9 Å². The summed E-state index contributed by atoms with van der Waals surface area (Å²) in [6.45, 7) is 0.638. The molecule has 3 aromatic rings. The number of aromatic nitrogens is 3. The lowest BCUT2D eigenvalue weighted by Gasteiger charge is -2.00. The Bertz CT molecular complexity index is 739. The molecule has 0 bridgehead atoms. The minimum atomic E-state index is 0.638. The number of nitrogens with one attached hydrogen (secondary N) is 1. The van der Waals surface area contributed by atoms with Crippen LogP contribution in [0.15, 0.2) is 46.7 Å². The number of nitrogens with zero attached hydrogens (tertiary/aromatic N) is 2. The van der Waals surface area contributed by atoms with Crippen molar-refractivity contribution in [2.45, 2.75) is 16.6 Å². The fourth-order valence-electron chi connectivity index (χ4n) is 2.03. The molecule has 21 heavy (non-hydrogen) atoms. The molecule has 3 rings (SSSR count). The van der Waals surface area contributed by atoms with Crippen LogP contribution in [0.3, 0.4) is 0 Å². The minimum Gasteiger partial charge on any atom is -0.497 e. The average Bonchev–Trinajstić information content (AvgIpc) is 2.90. The molecule has 6 heteroatoms. The Labute approximate surface area is 126 Å². The Hall–Kier alpha value is -2.05. The van der Waals surface area contributed by atoms with Crippen LogP contribution in [0.4, 0.5) is 0 Å². The highest BCUT2D eigenvalue weighted by atomic mass is 32.2. The topological polar surface area (TPSA) is 76.8 Å². The van der Waals surface area contributed by atoms with E-state index in [1.165, 1.54) is 11.8 Å². The number of benzene rings is 1. The molecular weight excluding hydrogens is 284 g/mol. The molecular formula is C15H16N4OS. The van der Waals surface area contributed by atoms with Gasteiger partial charge in [-0.3, -0.25) is 0 Å². The van der Waals surface area contributed by atoms with E-state index >= 15 is 0 Å². The molecule has 0 saturated heterocycles. The van der Waals surface area contributed by atoms with Crippen molar-refractivity contribution in [2.24, 2.45) is 5.73 Å². The lowest BCUT2D eigenvalue weighted by Crippen LogP contribution is -2.02. The molecule has 0 atom stereocenters. The second-order valence-corrected chi connectivity index (χ2v) is 5.58. The van der Waals surface area contributed by atoms with Crippen LogP contribution in [0.5, 0.6) is 5.75 Å². The Balaban J connectivity index is 1.80. The molecule has 3 N–H and O–H groups in total. The highest BCUT2D eigenvalue weighted by Gasteiger charge is 2.06. The van der Waals surface area contributed by atoms with Crippen LogP contribution in [0.1, 0.15) is 5.56 Å². The largest absolute Gasteiger partial charge is 0.497 e. The first-order chi connectivity index (χ1) is 10.3. The lowest BCUT2D eigenvalue weighted by molar-refractivity contribution is 0.415. The lowest BCUT2D eigenvalue weighted by atomic mass is 10.2. The molecule has 0 saturated carbocycles. The molecule has 0 fully saturated rings. The summed E-state index contributed by atoms with van der Waals surface area (Å²) in [5.74, 6) is 0.812. The second kappa shape index (κ2) is 6.15. The van der Waals surface area contributed by atoms with Crippen LogP contribution in [-0.2, 0) is 6.42 Å². The van der Waals surface area contributed by atoms with Crippen LogP contribution in [-0.4, -0.2) is 28.6 Å². The van der Waals surface area contributed by atoms with Crippen LogP contribution in [0.25, 0.3) is 11.0 Å². The summed E-state index contributed by atoms with van der Waals surface area (Å²) >= 11 is 1.50. The van der Waals surface area contributed by atoms with Crippen LogP contribution < -0.4 is 10.5 Å². The van der Waals surface area contributed by atoms with Gasteiger partial charge in [0.05, 0.1) is 18.1 Å². The van der Waals surface area contributed by atoms with Crippen molar-refractivity contribution in [1.82, 2.24) is 15.0 Å². The SMILES string of the molecule is COc1ccc2nc(Sc3ccc(CCN)cn3)[nH]c2c1. The van der Waals surface area contributed by atoms with Crippen molar-refractivity contribution in [3.8, 4) is 5.75 Å². The summed E-state index contributed by atoms with van der Waals surface area (Å²) in [5.41, 5.74) is 8.55. The van der Waals surface area contributed by atoms with Gasteiger partial charge in [0.1, 0.15) is 10.8 Å². The Morgan fingerprint density at radius 2 is 2.19 bits per heavy atom. The van der Waals surface area contributed by atoms with Gasteiger partial charge in [0.2, 0.25) is 0 Å². The van der Waals surface area contributed by atoms with E-state index in [1.807, 2.05) is 36.5 Å². The molecule has 2 aromatic heterocycles. The van der Waals surface area contributed by atoms with Crippen molar-refractivity contribution >= 4 is 22.8 Å². The number of hydrogen-bond donors (Lipinski definition) is 2. The molecule has 0 aliphatic heterocycles. The monoisotopic (exact) mass is 300 g/mol. The zero-order valence-electron chi connectivity index (χ0n) is 11.7. The summed E-state index contributed by atoms with van der Waals surface area (Å²) in [7, 11) is 1.65. The number of H-pyrrole nitrogens is 1. The molecule has 1 aromatic carbocycles. The quantitative estimate of drug-likeness (QED) is 0.757. The van der Waals surface area contributed by atoms with Crippen molar-refractivity contribution in [2.75, 3.05) is 13.7 Å². The predicted molar refractivity (Wildman–Crippen MR) is 83.8 cm³/mol. The van der Waals surface area contributed by atoms with Gasteiger partial charge in [-0.2, -0.15) is 0 Å². The Kier molecular flexibility index (Phi) is 4.08. The van der Waals surface area contributed by atoms with Crippen molar-refractivity contribution in [3.05, 3.63) is 42.1 Å². The van der Waals surface area contributed by atoms with Gasteiger partial charge in [0.25, 0.3) is 0 Å². The van der Waals surface area contributed by atoms with Gasteiger partial charge in [-0.15, -0.1) is 0 Å². The second-order valence-electron chi connectivity index (χ2n) is 4.57. The van der Waals surface area contributed by atoms with E-state index in [2.05, 4.69) is 15.0 Å². The van der Waals surface area contributed by atoms with Crippen LogP contribution in [0.2, 0.25) is 0 Å². The zero-order valence-corrected chi connectivity index (χ0v) is 12.5. The minimum absolute atomic E-state index is 0.638. The highest BCUT2D eigenvalue weighted by molar-refractivity contribution is 7.99. The van der Waals surface area contributed by atoms with Crippen molar-refractivity contribution < 1.29 is 4.74 Å². The average molecular weight is 300 g/mol.